The molecule has 0 aliphatic carbocycles. The van der Waals surface area contributed by atoms with E-state index in [0.717, 1.165) is 46.7 Å². The smallest absolute Gasteiger partial charge is 0.264 e. The normalized spacial score (nSPS) is 19.0. The number of aryl methyl sites for hydroxylation is 1. The SMILES string of the molecule is Cc1c(C(=O)N2CCN(c3ccccc3)C(=O)C2)sc2ncnc(NC[C@@H]3CCCO3)c12. The first-order valence-corrected chi connectivity index (χ1v) is 11.7. The fraction of sp³-hybridized carbons (Fsp3) is 0.391. The van der Waals surface area contributed by atoms with Crippen molar-refractivity contribution in [3.63, 3.8) is 0 Å². The van der Waals surface area contributed by atoms with Crippen molar-refractivity contribution in [3.8, 4) is 0 Å². The number of carbonyl (C=O) groups excluding carboxylic acids is 2. The lowest BCUT2D eigenvalue weighted by molar-refractivity contribution is -0.120. The number of aromatic nitrogens is 2. The standard InChI is InChI=1S/C23H25N5O3S/c1-15-19-21(24-12-17-8-5-11-31-17)25-14-26-22(19)32-20(15)23(30)27-9-10-28(18(29)13-27)16-6-3-2-4-7-16/h2-4,6-7,14,17H,5,8-13H2,1H3,(H,24,25,26)/t17-/m0/s1. The monoisotopic (exact) mass is 451 g/mol. The zero-order valence-corrected chi connectivity index (χ0v) is 18.7. The number of rotatable bonds is 5. The third-order valence-corrected chi connectivity index (χ3v) is 7.21. The summed E-state index contributed by atoms with van der Waals surface area (Å²) in [6.45, 7) is 4.44. The number of thiophene rings is 1. The summed E-state index contributed by atoms with van der Waals surface area (Å²) in [4.78, 5) is 39.6. The summed E-state index contributed by atoms with van der Waals surface area (Å²) in [5.41, 5.74) is 1.71. The molecule has 8 nitrogen and oxygen atoms in total. The molecule has 9 heteroatoms. The predicted molar refractivity (Wildman–Crippen MR) is 124 cm³/mol. The Morgan fingerprint density at radius 3 is 2.84 bits per heavy atom. The number of anilines is 2. The molecule has 1 atom stereocenters. The van der Waals surface area contributed by atoms with E-state index in [1.54, 1.807) is 9.80 Å². The quantitative estimate of drug-likeness (QED) is 0.642. The van der Waals surface area contributed by atoms with E-state index in [9.17, 15) is 9.59 Å². The van der Waals surface area contributed by atoms with E-state index in [1.165, 1.54) is 17.7 Å². The summed E-state index contributed by atoms with van der Waals surface area (Å²) >= 11 is 1.36. The minimum absolute atomic E-state index is 0.0667. The van der Waals surface area contributed by atoms with Crippen molar-refractivity contribution in [2.75, 3.05) is 43.0 Å². The molecule has 2 aliphatic rings. The van der Waals surface area contributed by atoms with Gasteiger partial charge in [0.05, 0.1) is 16.4 Å². The largest absolute Gasteiger partial charge is 0.376 e. The number of hydrogen-bond donors (Lipinski definition) is 1. The Balaban J connectivity index is 1.34. The third kappa shape index (κ3) is 3.93. The Bertz CT molecular complexity index is 1140. The zero-order chi connectivity index (χ0) is 22.1. The second-order valence-electron chi connectivity index (χ2n) is 8.08. The number of hydrogen-bond acceptors (Lipinski definition) is 7. The van der Waals surface area contributed by atoms with Gasteiger partial charge < -0.3 is 19.9 Å². The Morgan fingerprint density at radius 2 is 2.09 bits per heavy atom. The van der Waals surface area contributed by atoms with Gasteiger partial charge in [-0.25, -0.2) is 9.97 Å². The maximum Gasteiger partial charge on any atom is 0.264 e. The number of amides is 2. The second kappa shape index (κ2) is 8.84. The molecule has 0 saturated carbocycles. The molecular formula is C23H25N5O3S. The molecule has 32 heavy (non-hydrogen) atoms. The third-order valence-electron chi connectivity index (χ3n) is 6.02. The van der Waals surface area contributed by atoms with Crippen LogP contribution in [0.15, 0.2) is 36.7 Å². The van der Waals surface area contributed by atoms with Gasteiger partial charge in [-0.05, 0) is 37.5 Å². The Kier molecular flexibility index (Phi) is 5.75. The van der Waals surface area contributed by atoms with Gasteiger partial charge in [0.15, 0.2) is 0 Å². The van der Waals surface area contributed by atoms with Gasteiger partial charge in [-0.15, -0.1) is 11.3 Å². The van der Waals surface area contributed by atoms with Crippen LogP contribution < -0.4 is 10.2 Å². The van der Waals surface area contributed by atoms with Crippen molar-refractivity contribution in [2.24, 2.45) is 0 Å². The lowest BCUT2D eigenvalue weighted by Gasteiger charge is -2.34. The average Bonchev–Trinajstić information content (AvgIpc) is 3.46. The van der Waals surface area contributed by atoms with E-state index in [-0.39, 0.29) is 24.5 Å². The number of carbonyl (C=O) groups is 2. The Morgan fingerprint density at radius 1 is 1.25 bits per heavy atom. The molecule has 3 aromatic rings. The van der Waals surface area contributed by atoms with Crippen molar-refractivity contribution in [2.45, 2.75) is 25.9 Å². The van der Waals surface area contributed by atoms with Crippen LogP contribution in [0, 0.1) is 6.92 Å². The van der Waals surface area contributed by atoms with Crippen LogP contribution >= 0.6 is 11.3 Å². The molecule has 2 saturated heterocycles. The maximum atomic E-state index is 13.3. The van der Waals surface area contributed by atoms with Crippen LogP contribution in [0.4, 0.5) is 11.5 Å². The van der Waals surface area contributed by atoms with E-state index >= 15 is 0 Å². The summed E-state index contributed by atoms with van der Waals surface area (Å²) in [5, 5.41) is 4.25. The first-order valence-electron chi connectivity index (χ1n) is 10.9. The van der Waals surface area contributed by atoms with Crippen molar-refractivity contribution in [1.29, 1.82) is 0 Å². The van der Waals surface area contributed by atoms with Crippen LogP contribution in [0.2, 0.25) is 0 Å². The zero-order valence-electron chi connectivity index (χ0n) is 17.9. The molecule has 1 aromatic carbocycles. The second-order valence-corrected chi connectivity index (χ2v) is 9.08. The lowest BCUT2D eigenvalue weighted by Crippen LogP contribution is -2.52. The molecule has 2 fully saturated rings. The highest BCUT2D eigenvalue weighted by Gasteiger charge is 2.31. The van der Waals surface area contributed by atoms with Crippen LogP contribution in [-0.4, -0.2) is 65.6 Å². The summed E-state index contributed by atoms with van der Waals surface area (Å²) in [7, 11) is 0. The van der Waals surface area contributed by atoms with E-state index in [2.05, 4.69) is 15.3 Å². The number of benzene rings is 1. The van der Waals surface area contributed by atoms with Crippen LogP contribution in [0.25, 0.3) is 10.2 Å². The highest BCUT2D eigenvalue weighted by atomic mass is 32.1. The molecule has 0 radical (unpaired) electrons. The number of para-hydroxylation sites is 1. The molecule has 2 aliphatic heterocycles. The minimum atomic E-state index is -0.128. The summed E-state index contributed by atoms with van der Waals surface area (Å²) in [5.74, 6) is 0.521. The molecule has 2 aromatic heterocycles. The van der Waals surface area contributed by atoms with E-state index in [0.29, 0.717) is 24.5 Å². The number of fused-ring (bicyclic) bond motifs is 1. The number of ether oxygens (including phenoxy) is 1. The number of nitrogens with zero attached hydrogens (tertiary/aromatic N) is 4. The molecular weight excluding hydrogens is 426 g/mol. The van der Waals surface area contributed by atoms with Gasteiger partial charge in [0, 0.05) is 31.9 Å². The van der Waals surface area contributed by atoms with Crippen LogP contribution in [0.1, 0.15) is 28.1 Å². The number of nitrogens with one attached hydrogen (secondary N) is 1. The van der Waals surface area contributed by atoms with E-state index in [1.807, 2.05) is 37.3 Å². The van der Waals surface area contributed by atoms with E-state index in [4.69, 9.17) is 4.74 Å². The number of piperazine rings is 1. The molecule has 0 spiro atoms. The molecule has 0 unspecified atom stereocenters. The minimum Gasteiger partial charge on any atom is -0.376 e. The van der Waals surface area contributed by atoms with Crippen LogP contribution in [0.3, 0.4) is 0 Å². The Hall–Kier alpha value is -3.04. The fourth-order valence-electron chi connectivity index (χ4n) is 4.30. The van der Waals surface area contributed by atoms with Gasteiger partial charge in [-0.3, -0.25) is 9.59 Å². The van der Waals surface area contributed by atoms with Crippen molar-refractivity contribution >= 4 is 44.9 Å². The topological polar surface area (TPSA) is 87.7 Å². The average molecular weight is 452 g/mol. The molecule has 2 amide bonds. The van der Waals surface area contributed by atoms with Crippen molar-refractivity contribution in [3.05, 3.63) is 47.1 Å². The molecule has 166 valence electrons. The molecule has 4 heterocycles. The summed E-state index contributed by atoms with van der Waals surface area (Å²) in [6.07, 6.45) is 3.83. The van der Waals surface area contributed by atoms with Crippen molar-refractivity contribution < 1.29 is 14.3 Å². The predicted octanol–water partition coefficient (Wildman–Crippen LogP) is 3.08. The van der Waals surface area contributed by atoms with Gasteiger partial charge in [0.2, 0.25) is 5.91 Å². The van der Waals surface area contributed by atoms with Crippen LogP contribution in [0.5, 0.6) is 0 Å². The lowest BCUT2D eigenvalue weighted by atomic mass is 10.1. The highest BCUT2D eigenvalue weighted by molar-refractivity contribution is 7.20. The fourth-order valence-corrected chi connectivity index (χ4v) is 5.41. The van der Waals surface area contributed by atoms with Gasteiger partial charge in [0.25, 0.3) is 5.91 Å². The molecule has 0 bridgehead atoms. The summed E-state index contributed by atoms with van der Waals surface area (Å²) in [6, 6.07) is 9.56. The highest BCUT2D eigenvalue weighted by Crippen LogP contribution is 2.34. The first kappa shape index (κ1) is 20.8. The van der Waals surface area contributed by atoms with Gasteiger partial charge in [-0.2, -0.15) is 0 Å². The van der Waals surface area contributed by atoms with Gasteiger partial charge in [0.1, 0.15) is 23.5 Å². The molecule has 1 N–H and O–H groups in total. The van der Waals surface area contributed by atoms with Gasteiger partial charge >= 0.3 is 0 Å². The first-order chi connectivity index (χ1) is 15.6. The van der Waals surface area contributed by atoms with Gasteiger partial charge in [-0.1, -0.05) is 18.2 Å². The molecule has 5 rings (SSSR count). The van der Waals surface area contributed by atoms with Crippen LogP contribution in [-0.2, 0) is 9.53 Å². The maximum absolute atomic E-state index is 13.3. The Labute approximate surface area is 190 Å². The van der Waals surface area contributed by atoms with E-state index < -0.39 is 0 Å². The summed E-state index contributed by atoms with van der Waals surface area (Å²) < 4.78 is 5.69. The van der Waals surface area contributed by atoms with Crippen molar-refractivity contribution in [1.82, 2.24) is 14.9 Å².